The van der Waals surface area contributed by atoms with Crippen LogP contribution in [0.25, 0.3) is 11.1 Å². The van der Waals surface area contributed by atoms with Crippen LogP contribution in [-0.4, -0.2) is 23.5 Å². The van der Waals surface area contributed by atoms with Crippen molar-refractivity contribution in [2.24, 2.45) is 0 Å². The molecule has 0 saturated heterocycles. The van der Waals surface area contributed by atoms with E-state index in [2.05, 4.69) is 132 Å². The Bertz CT molecular complexity index is 1510. The highest BCUT2D eigenvalue weighted by molar-refractivity contribution is 8.01. The van der Waals surface area contributed by atoms with Gasteiger partial charge in [-0.15, -0.1) is 0 Å². The fourth-order valence-electron chi connectivity index (χ4n) is 4.34. The Kier molecular flexibility index (Phi) is 8.60. The number of alkyl halides is 3. The Labute approximate surface area is 225 Å². The largest absolute Gasteiger partial charge is 0.741 e. The van der Waals surface area contributed by atoms with Crippen LogP contribution in [0.2, 0.25) is 0 Å². The number of halogens is 3. The van der Waals surface area contributed by atoms with E-state index in [0.717, 1.165) is 0 Å². The maximum Gasteiger partial charge on any atom is 0.485 e. The quantitative estimate of drug-likeness (QED) is 0.162. The maximum absolute atomic E-state index is 10.7. The third-order valence-electron chi connectivity index (χ3n) is 5.96. The van der Waals surface area contributed by atoms with Gasteiger partial charge in [-0.3, -0.25) is 4.98 Å². The standard InChI is InChI=1S/C29H23NP.CHF3O3S/c1-5-13-24(14-6-1)28-23-30-22-21-29(28)31(25-15-7-2-8-16-25,26-17-9-3-10-18-26)27-19-11-4-12-20-27;2-1(3,4)8(5,6)7/h1-23H;(H,5,6,7)/q+1;/p-1. The van der Waals surface area contributed by atoms with Gasteiger partial charge >= 0.3 is 5.51 Å². The molecule has 0 atom stereocenters. The summed E-state index contributed by atoms with van der Waals surface area (Å²) in [6, 6.07) is 45.7. The van der Waals surface area contributed by atoms with E-state index in [1.807, 2.05) is 12.4 Å². The number of benzene rings is 4. The second-order valence-corrected chi connectivity index (χ2v) is 13.1. The molecule has 0 radical (unpaired) electrons. The van der Waals surface area contributed by atoms with Crippen molar-refractivity contribution in [2.75, 3.05) is 0 Å². The van der Waals surface area contributed by atoms with Crippen molar-refractivity contribution in [1.82, 2.24) is 4.98 Å². The lowest BCUT2D eigenvalue weighted by Gasteiger charge is -2.29. The van der Waals surface area contributed by atoms with Crippen molar-refractivity contribution in [3.05, 3.63) is 140 Å². The van der Waals surface area contributed by atoms with Crippen LogP contribution in [0.1, 0.15) is 0 Å². The van der Waals surface area contributed by atoms with Crippen LogP contribution in [0.4, 0.5) is 13.2 Å². The minimum atomic E-state index is -6.09. The Morgan fingerprint density at radius 2 is 0.974 bits per heavy atom. The lowest BCUT2D eigenvalue weighted by molar-refractivity contribution is -0.0517. The van der Waals surface area contributed by atoms with Crippen LogP contribution in [-0.2, 0) is 10.1 Å². The highest BCUT2D eigenvalue weighted by Crippen LogP contribution is 2.55. The molecular weight excluding hydrogens is 542 g/mol. The van der Waals surface area contributed by atoms with Crippen LogP contribution < -0.4 is 21.2 Å². The molecule has 1 heterocycles. The summed E-state index contributed by atoms with van der Waals surface area (Å²) in [4.78, 5) is 4.53. The summed E-state index contributed by atoms with van der Waals surface area (Å²) in [5.74, 6) is 0. The molecule has 0 fully saturated rings. The molecular formula is C30H23F3NO3PS. The second-order valence-electron chi connectivity index (χ2n) is 8.34. The van der Waals surface area contributed by atoms with Crippen molar-refractivity contribution in [3.63, 3.8) is 0 Å². The topological polar surface area (TPSA) is 70.1 Å². The van der Waals surface area contributed by atoms with Gasteiger partial charge in [-0.25, -0.2) is 8.42 Å². The third kappa shape index (κ3) is 6.09. The first kappa shape index (κ1) is 28.2. The van der Waals surface area contributed by atoms with Crippen LogP contribution in [0.3, 0.4) is 0 Å². The summed E-state index contributed by atoms with van der Waals surface area (Å²) in [5, 5.41) is 5.36. The molecule has 4 aromatic carbocycles. The van der Waals surface area contributed by atoms with Crippen LogP contribution in [0, 0.1) is 0 Å². The minimum Gasteiger partial charge on any atom is -0.741 e. The first-order valence-electron chi connectivity index (χ1n) is 11.7. The Hall–Kier alpha value is -3.84. The minimum absolute atomic E-state index is 1.19. The normalized spacial score (nSPS) is 11.8. The molecule has 0 unspecified atom stereocenters. The Balaban J connectivity index is 0.000000386. The molecule has 4 nitrogen and oxygen atoms in total. The van der Waals surface area contributed by atoms with E-state index >= 15 is 0 Å². The summed E-state index contributed by atoms with van der Waals surface area (Å²) in [5.41, 5.74) is -3.27. The van der Waals surface area contributed by atoms with Crippen molar-refractivity contribution < 1.29 is 26.1 Å². The molecule has 0 saturated carbocycles. The van der Waals surface area contributed by atoms with Gasteiger partial charge in [0.2, 0.25) is 0 Å². The predicted octanol–water partition coefficient (Wildman–Crippen LogP) is 5.42. The lowest BCUT2D eigenvalue weighted by atomic mass is 10.1. The molecule has 5 aromatic rings. The first-order valence-corrected chi connectivity index (χ1v) is 14.9. The second kappa shape index (κ2) is 11.9. The van der Waals surface area contributed by atoms with Crippen LogP contribution >= 0.6 is 7.26 Å². The number of rotatable bonds is 5. The average molecular weight is 566 g/mol. The molecule has 0 spiro atoms. The average Bonchev–Trinajstić information content (AvgIpc) is 2.95. The summed E-state index contributed by atoms with van der Waals surface area (Å²) >= 11 is 0. The highest BCUT2D eigenvalue weighted by atomic mass is 32.2. The van der Waals surface area contributed by atoms with Gasteiger partial charge in [-0.1, -0.05) is 84.9 Å². The number of aromatic nitrogens is 1. The first-order chi connectivity index (χ1) is 18.7. The van der Waals surface area contributed by atoms with Gasteiger partial charge in [-0.05, 0) is 42.0 Å². The van der Waals surface area contributed by atoms with Crippen molar-refractivity contribution in [1.29, 1.82) is 0 Å². The zero-order valence-electron chi connectivity index (χ0n) is 20.4. The molecule has 0 aliphatic carbocycles. The summed E-state index contributed by atoms with van der Waals surface area (Å²) in [7, 11) is -8.24. The third-order valence-corrected chi connectivity index (χ3v) is 10.9. The smallest absolute Gasteiger partial charge is 0.485 e. The van der Waals surface area contributed by atoms with E-state index in [0.29, 0.717) is 0 Å². The van der Waals surface area contributed by atoms with Gasteiger partial charge in [0.1, 0.15) is 28.5 Å². The zero-order chi connectivity index (χ0) is 27.9. The monoisotopic (exact) mass is 565 g/mol. The summed E-state index contributed by atoms with van der Waals surface area (Å²) < 4.78 is 58.9. The molecule has 1 aromatic heterocycles. The fraction of sp³-hybridized carbons (Fsp3) is 0.0333. The summed E-state index contributed by atoms with van der Waals surface area (Å²) in [6.45, 7) is 0. The van der Waals surface area contributed by atoms with Gasteiger partial charge < -0.3 is 4.55 Å². The van der Waals surface area contributed by atoms with Crippen molar-refractivity contribution in [3.8, 4) is 11.1 Å². The summed E-state index contributed by atoms with van der Waals surface area (Å²) in [6.07, 6.45) is 3.96. The highest BCUT2D eigenvalue weighted by Gasteiger charge is 2.49. The SMILES string of the molecule is O=S(=O)([O-])C(F)(F)F.c1ccc(-c2cnccc2[P+](c2ccccc2)(c2ccccc2)c2ccccc2)cc1. The number of pyridine rings is 1. The van der Waals surface area contributed by atoms with Gasteiger partial charge in [0.25, 0.3) is 0 Å². The molecule has 5 rings (SSSR count). The molecule has 0 aliphatic heterocycles. The van der Waals surface area contributed by atoms with Crippen LogP contribution in [0.15, 0.2) is 140 Å². The number of hydrogen-bond acceptors (Lipinski definition) is 4. The van der Waals surface area contributed by atoms with E-state index in [4.69, 9.17) is 13.0 Å². The van der Waals surface area contributed by atoms with E-state index in [1.165, 1.54) is 32.3 Å². The zero-order valence-corrected chi connectivity index (χ0v) is 22.2. The molecule has 0 aliphatic rings. The van der Waals surface area contributed by atoms with Crippen molar-refractivity contribution >= 4 is 38.6 Å². The maximum atomic E-state index is 10.7. The van der Waals surface area contributed by atoms with E-state index in [9.17, 15) is 13.2 Å². The van der Waals surface area contributed by atoms with Crippen LogP contribution in [0.5, 0.6) is 0 Å². The van der Waals surface area contributed by atoms with Crippen molar-refractivity contribution in [2.45, 2.75) is 5.51 Å². The number of hydrogen-bond donors (Lipinski definition) is 0. The van der Waals surface area contributed by atoms with E-state index < -0.39 is 22.9 Å². The van der Waals surface area contributed by atoms with E-state index in [-0.39, 0.29) is 0 Å². The molecule has 0 amide bonds. The van der Waals surface area contributed by atoms with Gasteiger partial charge in [0.15, 0.2) is 10.1 Å². The lowest BCUT2D eigenvalue weighted by Crippen LogP contribution is -2.39. The Morgan fingerprint density at radius 3 is 1.33 bits per heavy atom. The molecule has 9 heteroatoms. The molecule has 0 N–H and O–H groups in total. The molecule has 0 bridgehead atoms. The van der Waals surface area contributed by atoms with E-state index in [1.54, 1.807) is 0 Å². The van der Waals surface area contributed by atoms with Gasteiger partial charge in [-0.2, -0.15) is 13.2 Å². The van der Waals surface area contributed by atoms with Gasteiger partial charge in [0, 0.05) is 24.0 Å². The Morgan fingerprint density at radius 1 is 0.615 bits per heavy atom. The van der Waals surface area contributed by atoms with Gasteiger partial charge in [0.05, 0.1) is 0 Å². The molecule has 198 valence electrons. The molecule has 39 heavy (non-hydrogen) atoms. The number of nitrogens with zero attached hydrogens (tertiary/aromatic N) is 1. The fourth-order valence-corrected chi connectivity index (χ4v) is 8.76. The predicted molar refractivity (Wildman–Crippen MR) is 150 cm³/mol.